The highest BCUT2D eigenvalue weighted by Crippen LogP contribution is 2.20. The Morgan fingerprint density at radius 3 is 2.13 bits per heavy atom. The van der Waals surface area contributed by atoms with E-state index in [1.54, 1.807) is 24.3 Å². The molecule has 2 rings (SSSR count). The summed E-state index contributed by atoms with van der Waals surface area (Å²) in [5.74, 6) is 1.14. The zero-order valence-corrected chi connectivity index (χ0v) is 13.7. The zero-order valence-electron chi connectivity index (χ0n) is 13.7. The predicted molar refractivity (Wildman–Crippen MR) is 88.6 cm³/mol. The second-order valence-electron chi connectivity index (χ2n) is 6.45. The van der Waals surface area contributed by atoms with Gasteiger partial charge in [0.05, 0.1) is 6.61 Å². The minimum atomic E-state index is -0.696. The molecule has 0 aliphatic rings. The lowest BCUT2D eigenvalue weighted by Crippen LogP contribution is -2.20. The first-order chi connectivity index (χ1) is 10.9. The number of ether oxygens (including phenoxy) is 3. The Bertz CT molecular complexity index is 612. The van der Waals surface area contributed by atoms with Crippen molar-refractivity contribution in [1.29, 1.82) is 0 Å². The lowest BCUT2D eigenvalue weighted by atomic mass is 9.99. The van der Waals surface area contributed by atoms with Crippen LogP contribution in [-0.4, -0.2) is 12.8 Å². The first-order valence-corrected chi connectivity index (χ1v) is 7.54. The molecule has 0 saturated heterocycles. The van der Waals surface area contributed by atoms with Crippen molar-refractivity contribution in [2.45, 2.75) is 27.4 Å². The highest BCUT2D eigenvalue weighted by atomic mass is 16.7. The second kappa shape index (κ2) is 7.68. The van der Waals surface area contributed by atoms with Gasteiger partial charge in [-0.3, -0.25) is 0 Å². The van der Waals surface area contributed by atoms with Gasteiger partial charge in [0.25, 0.3) is 0 Å². The number of carbonyl (C=O) groups is 1. The maximum Gasteiger partial charge on any atom is 0.513 e. The summed E-state index contributed by atoms with van der Waals surface area (Å²) in [6, 6.07) is 16.8. The van der Waals surface area contributed by atoms with E-state index in [1.807, 2.05) is 51.1 Å². The van der Waals surface area contributed by atoms with Gasteiger partial charge in [-0.1, -0.05) is 51.1 Å². The molecule has 0 unspecified atom stereocenters. The van der Waals surface area contributed by atoms with Crippen LogP contribution >= 0.6 is 0 Å². The van der Waals surface area contributed by atoms with Gasteiger partial charge in [0.2, 0.25) is 0 Å². The molecular formula is C19H22O4. The van der Waals surface area contributed by atoms with Gasteiger partial charge in [-0.25, -0.2) is 4.79 Å². The summed E-state index contributed by atoms with van der Waals surface area (Å²) in [7, 11) is 0. The Balaban J connectivity index is 1.81. The summed E-state index contributed by atoms with van der Waals surface area (Å²) in [5.41, 5.74) is 1.01. The Kier molecular flexibility index (Phi) is 5.63. The number of benzene rings is 2. The van der Waals surface area contributed by atoms with E-state index in [-0.39, 0.29) is 5.41 Å². The number of rotatable bonds is 5. The maximum atomic E-state index is 11.6. The van der Waals surface area contributed by atoms with Gasteiger partial charge in [-0.05, 0) is 35.2 Å². The van der Waals surface area contributed by atoms with E-state index in [4.69, 9.17) is 14.2 Å². The third-order valence-electron chi connectivity index (χ3n) is 2.90. The monoisotopic (exact) mass is 314 g/mol. The number of carbonyl (C=O) groups excluding carboxylic acids is 1. The van der Waals surface area contributed by atoms with Crippen LogP contribution in [0.2, 0.25) is 0 Å². The van der Waals surface area contributed by atoms with Crippen LogP contribution in [0.5, 0.6) is 11.5 Å². The Morgan fingerprint density at radius 1 is 0.913 bits per heavy atom. The molecule has 4 nitrogen and oxygen atoms in total. The topological polar surface area (TPSA) is 44.8 Å². The van der Waals surface area contributed by atoms with Crippen molar-refractivity contribution in [3.63, 3.8) is 0 Å². The minimum Gasteiger partial charge on any atom is -0.489 e. The molecule has 0 fully saturated rings. The molecule has 4 heteroatoms. The molecule has 2 aromatic rings. The molecule has 0 heterocycles. The molecule has 122 valence electrons. The smallest absolute Gasteiger partial charge is 0.489 e. The molecule has 0 aliphatic carbocycles. The lowest BCUT2D eigenvalue weighted by Gasteiger charge is -2.17. The second-order valence-corrected chi connectivity index (χ2v) is 6.45. The summed E-state index contributed by atoms with van der Waals surface area (Å²) >= 11 is 0. The fourth-order valence-electron chi connectivity index (χ4n) is 1.75. The molecule has 0 aromatic heterocycles. The highest BCUT2D eigenvalue weighted by Gasteiger charge is 2.15. The quantitative estimate of drug-likeness (QED) is 0.586. The lowest BCUT2D eigenvalue weighted by molar-refractivity contribution is 0.0684. The molecule has 0 bridgehead atoms. The van der Waals surface area contributed by atoms with E-state index in [1.165, 1.54) is 0 Å². The fraction of sp³-hybridized carbons (Fsp3) is 0.316. The average molecular weight is 314 g/mol. The third-order valence-corrected chi connectivity index (χ3v) is 2.90. The molecule has 0 N–H and O–H groups in total. The summed E-state index contributed by atoms with van der Waals surface area (Å²) in [5, 5.41) is 0. The van der Waals surface area contributed by atoms with Crippen molar-refractivity contribution in [1.82, 2.24) is 0 Å². The van der Waals surface area contributed by atoms with Gasteiger partial charge in [-0.2, -0.15) is 0 Å². The summed E-state index contributed by atoms with van der Waals surface area (Å²) in [6.45, 7) is 6.76. The van der Waals surface area contributed by atoms with Crippen LogP contribution in [-0.2, 0) is 11.3 Å². The van der Waals surface area contributed by atoms with Crippen LogP contribution < -0.4 is 9.47 Å². The first kappa shape index (κ1) is 16.9. The van der Waals surface area contributed by atoms with Crippen LogP contribution in [0.4, 0.5) is 4.79 Å². The van der Waals surface area contributed by atoms with Gasteiger partial charge < -0.3 is 14.2 Å². The van der Waals surface area contributed by atoms with Gasteiger partial charge in [-0.15, -0.1) is 0 Å². The molecule has 0 atom stereocenters. The van der Waals surface area contributed by atoms with Crippen molar-refractivity contribution in [3.05, 3.63) is 60.2 Å². The molecule has 0 amide bonds. The fourth-order valence-corrected chi connectivity index (χ4v) is 1.75. The normalized spacial score (nSPS) is 10.9. The van der Waals surface area contributed by atoms with Crippen LogP contribution in [0.15, 0.2) is 54.6 Å². The standard InChI is InChI=1S/C19H22O4/c1-19(2,3)14-22-18(20)23-17-11-9-16(10-12-17)21-13-15-7-5-4-6-8-15/h4-12H,13-14H2,1-3H3. The van der Waals surface area contributed by atoms with Crippen molar-refractivity contribution < 1.29 is 19.0 Å². The average Bonchev–Trinajstić information content (AvgIpc) is 2.53. The van der Waals surface area contributed by atoms with Crippen LogP contribution in [0.1, 0.15) is 26.3 Å². The Morgan fingerprint density at radius 2 is 1.52 bits per heavy atom. The predicted octanol–water partition coefficient (Wildman–Crippen LogP) is 4.83. The molecule has 0 saturated carbocycles. The minimum absolute atomic E-state index is 0.0891. The van der Waals surface area contributed by atoms with Gasteiger partial charge in [0.1, 0.15) is 18.1 Å². The van der Waals surface area contributed by atoms with E-state index in [9.17, 15) is 4.79 Å². The van der Waals surface area contributed by atoms with Crippen LogP contribution in [0, 0.1) is 5.41 Å². The summed E-state index contributed by atoms with van der Waals surface area (Å²) in [6.07, 6.45) is -0.696. The molecule has 0 spiro atoms. The largest absolute Gasteiger partial charge is 0.513 e. The molecule has 2 aromatic carbocycles. The molecule has 0 aliphatic heterocycles. The van der Waals surface area contributed by atoms with E-state index in [0.717, 1.165) is 5.56 Å². The van der Waals surface area contributed by atoms with Crippen molar-refractivity contribution in [3.8, 4) is 11.5 Å². The van der Waals surface area contributed by atoms with Crippen molar-refractivity contribution >= 4 is 6.16 Å². The van der Waals surface area contributed by atoms with Crippen molar-refractivity contribution in [2.24, 2.45) is 5.41 Å². The SMILES string of the molecule is CC(C)(C)COC(=O)Oc1ccc(OCc2ccccc2)cc1. The number of hydrogen-bond donors (Lipinski definition) is 0. The zero-order chi connectivity index (χ0) is 16.7. The van der Waals surface area contributed by atoms with E-state index in [0.29, 0.717) is 24.7 Å². The van der Waals surface area contributed by atoms with E-state index >= 15 is 0 Å². The molecule has 23 heavy (non-hydrogen) atoms. The summed E-state index contributed by atoms with van der Waals surface area (Å²) in [4.78, 5) is 11.6. The van der Waals surface area contributed by atoms with Crippen LogP contribution in [0.25, 0.3) is 0 Å². The van der Waals surface area contributed by atoms with E-state index in [2.05, 4.69) is 0 Å². The van der Waals surface area contributed by atoms with Crippen LogP contribution in [0.3, 0.4) is 0 Å². The summed E-state index contributed by atoms with van der Waals surface area (Å²) < 4.78 is 15.8. The Labute approximate surface area is 137 Å². The van der Waals surface area contributed by atoms with Gasteiger partial charge in [0, 0.05) is 0 Å². The number of hydrogen-bond acceptors (Lipinski definition) is 4. The highest BCUT2D eigenvalue weighted by molar-refractivity contribution is 5.63. The first-order valence-electron chi connectivity index (χ1n) is 7.54. The maximum absolute atomic E-state index is 11.6. The molecular weight excluding hydrogens is 292 g/mol. The Hall–Kier alpha value is -2.49. The molecule has 0 radical (unpaired) electrons. The van der Waals surface area contributed by atoms with Gasteiger partial charge in [0.15, 0.2) is 0 Å². The van der Waals surface area contributed by atoms with E-state index < -0.39 is 6.16 Å². The van der Waals surface area contributed by atoms with Crippen molar-refractivity contribution in [2.75, 3.05) is 6.61 Å². The van der Waals surface area contributed by atoms with Gasteiger partial charge >= 0.3 is 6.16 Å². The third kappa shape index (κ3) is 6.43.